The molecule has 1 atom stereocenters. The average molecular weight is 871 g/mol. The molecule has 1 unspecified atom stereocenters. The molecule has 6 heteroatoms. The van der Waals surface area contributed by atoms with Gasteiger partial charge in [-0.2, -0.15) is 0 Å². The van der Waals surface area contributed by atoms with E-state index >= 15 is 0 Å². The van der Waals surface area contributed by atoms with Gasteiger partial charge < -0.3 is 14.2 Å². The Morgan fingerprint density at radius 2 is 0.619 bits per heavy atom. The van der Waals surface area contributed by atoms with Gasteiger partial charge in [0, 0.05) is 19.3 Å². The molecule has 0 aliphatic heterocycles. The van der Waals surface area contributed by atoms with Gasteiger partial charge in [-0.05, 0) is 109 Å². The van der Waals surface area contributed by atoms with Crippen molar-refractivity contribution in [1.29, 1.82) is 0 Å². The van der Waals surface area contributed by atoms with Gasteiger partial charge in [0.25, 0.3) is 0 Å². The number of unbranched alkanes of at least 4 members (excludes halogenated alkanes) is 12. The number of carbonyl (C=O) groups is 3. The van der Waals surface area contributed by atoms with E-state index in [0.29, 0.717) is 12.8 Å². The first-order valence-electron chi connectivity index (χ1n) is 25.0. The van der Waals surface area contributed by atoms with Crippen molar-refractivity contribution in [2.75, 3.05) is 13.2 Å². The summed E-state index contributed by atoms with van der Waals surface area (Å²) >= 11 is 0. The third-order valence-electron chi connectivity index (χ3n) is 9.96. The van der Waals surface area contributed by atoms with Gasteiger partial charge in [-0.3, -0.25) is 14.4 Å². The van der Waals surface area contributed by atoms with E-state index < -0.39 is 6.10 Å². The fourth-order valence-electron chi connectivity index (χ4n) is 6.26. The van der Waals surface area contributed by atoms with E-state index in [0.717, 1.165) is 161 Å². The first kappa shape index (κ1) is 58.8. The Balaban J connectivity index is 4.31. The molecule has 354 valence electrons. The van der Waals surface area contributed by atoms with Gasteiger partial charge in [0.1, 0.15) is 13.2 Å². The van der Waals surface area contributed by atoms with Crippen molar-refractivity contribution in [2.24, 2.45) is 0 Å². The Bertz CT molecular complexity index is 1370. The van der Waals surface area contributed by atoms with Crippen LogP contribution in [0.1, 0.15) is 201 Å². The van der Waals surface area contributed by atoms with Gasteiger partial charge in [0.05, 0.1) is 0 Å². The third kappa shape index (κ3) is 48.7. The minimum atomic E-state index is -0.803. The molecule has 0 heterocycles. The van der Waals surface area contributed by atoms with Gasteiger partial charge in [0.2, 0.25) is 0 Å². The summed E-state index contributed by atoms with van der Waals surface area (Å²) in [5.74, 6) is -0.978. The molecule has 0 bridgehead atoms. The summed E-state index contributed by atoms with van der Waals surface area (Å²) in [6.07, 6.45) is 69.3. The van der Waals surface area contributed by atoms with Gasteiger partial charge in [-0.1, -0.05) is 194 Å². The van der Waals surface area contributed by atoms with Crippen LogP contribution in [0.5, 0.6) is 0 Å². The lowest BCUT2D eigenvalue weighted by atomic mass is 10.1. The molecule has 0 aromatic rings. The number of ether oxygens (including phenoxy) is 3. The molecule has 0 N–H and O–H groups in total. The van der Waals surface area contributed by atoms with Crippen LogP contribution in [0, 0.1) is 0 Å². The zero-order chi connectivity index (χ0) is 45.8. The molecule has 0 rings (SSSR count). The van der Waals surface area contributed by atoms with Crippen LogP contribution in [0.2, 0.25) is 0 Å². The van der Waals surface area contributed by atoms with Crippen LogP contribution in [0.25, 0.3) is 0 Å². The van der Waals surface area contributed by atoms with Crippen LogP contribution >= 0.6 is 0 Å². The smallest absolute Gasteiger partial charge is 0.306 e. The monoisotopic (exact) mass is 871 g/mol. The molecule has 0 fully saturated rings. The highest BCUT2D eigenvalue weighted by Gasteiger charge is 2.19. The van der Waals surface area contributed by atoms with Crippen molar-refractivity contribution in [2.45, 2.75) is 207 Å². The number of rotatable bonds is 43. The normalized spacial score (nSPS) is 13.1. The van der Waals surface area contributed by atoms with E-state index in [-0.39, 0.29) is 37.5 Å². The number of hydrogen-bond acceptors (Lipinski definition) is 6. The highest BCUT2D eigenvalue weighted by molar-refractivity contribution is 5.71. The van der Waals surface area contributed by atoms with E-state index in [4.69, 9.17) is 14.2 Å². The van der Waals surface area contributed by atoms with Crippen molar-refractivity contribution < 1.29 is 28.6 Å². The Morgan fingerprint density at radius 3 is 0.984 bits per heavy atom. The molecule has 0 amide bonds. The quantitative estimate of drug-likeness (QED) is 0.0263. The van der Waals surface area contributed by atoms with Crippen molar-refractivity contribution >= 4 is 17.9 Å². The maximum absolute atomic E-state index is 12.7. The largest absolute Gasteiger partial charge is 0.462 e. The summed E-state index contributed by atoms with van der Waals surface area (Å²) < 4.78 is 16.6. The summed E-state index contributed by atoms with van der Waals surface area (Å²) in [4.78, 5) is 37.7. The maximum atomic E-state index is 12.7. The zero-order valence-corrected chi connectivity index (χ0v) is 40.3. The SMILES string of the molecule is CC/C=C\C/C=C\C/C=C\C/C=C\C/C=C\CCCCCCCC(=O)OCC(COC(=O)CCCCCCC)OC(=O)CCCCC/C=C\C/C=C\C/C=C\C/C=C\C/C=C\CC. The predicted octanol–water partition coefficient (Wildman–Crippen LogP) is 16.5. The average Bonchev–Trinajstić information content (AvgIpc) is 3.28. The second-order valence-corrected chi connectivity index (χ2v) is 16.0. The standard InChI is InChI=1S/C57H90O6/c1-4-7-10-13-15-17-19-21-23-25-27-28-30-31-33-35-37-39-41-44-47-50-56(59)62-53-54(52-61-55(58)49-46-43-12-9-6-3)63-57(60)51-48-45-42-40-38-36-34-32-29-26-24-22-20-18-16-14-11-8-5-2/h7-8,10-11,15-18,21-24,27-29,31-33,36,38,54H,4-6,9,12-14,19-20,25-26,30,34-35,37,39-53H2,1-3H3/b10-7-,11-8-,17-15-,18-16-,23-21-,24-22-,28-27-,32-29-,33-31-,38-36-. The molecule has 0 saturated carbocycles. The lowest BCUT2D eigenvalue weighted by Crippen LogP contribution is -2.30. The number of carbonyl (C=O) groups excluding carboxylic acids is 3. The van der Waals surface area contributed by atoms with Crippen molar-refractivity contribution in [3.8, 4) is 0 Å². The summed E-state index contributed by atoms with van der Waals surface area (Å²) in [7, 11) is 0. The number of esters is 3. The molecule has 63 heavy (non-hydrogen) atoms. The fourth-order valence-corrected chi connectivity index (χ4v) is 6.26. The molecule has 0 spiro atoms. The minimum Gasteiger partial charge on any atom is -0.462 e. The summed E-state index contributed by atoms with van der Waals surface area (Å²) in [6.45, 7) is 6.26. The molecule has 0 aliphatic carbocycles. The van der Waals surface area contributed by atoms with Crippen LogP contribution in [0.15, 0.2) is 122 Å². The van der Waals surface area contributed by atoms with E-state index in [9.17, 15) is 14.4 Å². The Hall–Kier alpha value is -4.19. The second kappa shape index (κ2) is 50.5. The Morgan fingerprint density at radius 1 is 0.333 bits per heavy atom. The van der Waals surface area contributed by atoms with E-state index in [1.165, 1.54) is 0 Å². The van der Waals surface area contributed by atoms with Crippen LogP contribution < -0.4 is 0 Å². The fraction of sp³-hybridized carbons (Fsp3) is 0.596. The predicted molar refractivity (Wildman–Crippen MR) is 269 cm³/mol. The van der Waals surface area contributed by atoms with E-state index in [1.54, 1.807) is 0 Å². The molecular formula is C57H90O6. The first-order chi connectivity index (χ1) is 31.0. The highest BCUT2D eigenvalue weighted by Crippen LogP contribution is 2.12. The zero-order valence-electron chi connectivity index (χ0n) is 40.3. The molecule has 6 nitrogen and oxygen atoms in total. The van der Waals surface area contributed by atoms with Gasteiger partial charge >= 0.3 is 17.9 Å². The Kier molecular flexibility index (Phi) is 47.1. The molecular weight excluding hydrogens is 781 g/mol. The Labute approximate surface area is 386 Å². The topological polar surface area (TPSA) is 78.9 Å². The van der Waals surface area contributed by atoms with Gasteiger partial charge in [0.15, 0.2) is 6.10 Å². The third-order valence-corrected chi connectivity index (χ3v) is 9.96. The lowest BCUT2D eigenvalue weighted by molar-refractivity contribution is -0.167. The van der Waals surface area contributed by atoms with Crippen molar-refractivity contribution in [3.63, 3.8) is 0 Å². The van der Waals surface area contributed by atoms with Gasteiger partial charge in [-0.25, -0.2) is 0 Å². The van der Waals surface area contributed by atoms with E-state index in [1.807, 2.05) is 0 Å². The van der Waals surface area contributed by atoms with Crippen molar-refractivity contribution in [3.05, 3.63) is 122 Å². The molecule has 0 radical (unpaired) electrons. The van der Waals surface area contributed by atoms with Crippen LogP contribution in [0.4, 0.5) is 0 Å². The maximum Gasteiger partial charge on any atom is 0.306 e. The van der Waals surface area contributed by atoms with Crippen molar-refractivity contribution in [1.82, 2.24) is 0 Å². The van der Waals surface area contributed by atoms with Gasteiger partial charge in [-0.15, -0.1) is 0 Å². The first-order valence-corrected chi connectivity index (χ1v) is 25.0. The highest BCUT2D eigenvalue weighted by atomic mass is 16.6. The lowest BCUT2D eigenvalue weighted by Gasteiger charge is -2.18. The van der Waals surface area contributed by atoms with Crippen LogP contribution in [-0.4, -0.2) is 37.2 Å². The van der Waals surface area contributed by atoms with Crippen LogP contribution in [0.3, 0.4) is 0 Å². The van der Waals surface area contributed by atoms with Crippen LogP contribution in [-0.2, 0) is 28.6 Å². The summed E-state index contributed by atoms with van der Waals surface area (Å²) in [5.41, 5.74) is 0. The number of hydrogen-bond donors (Lipinski definition) is 0. The summed E-state index contributed by atoms with van der Waals surface area (Å²) in [5, 5.41) is 0. The molecule has 0 aromatic heterocycles. The molecule has 0 saturated heterocycles. The van der Waals surface area contributed by atoms with E-state index in [2.05, 4.69) is 142 Å². The minimum absolute atomic E-state index is 0.102. The second-order valence-electron chi connectivity index (χ2n) is 16.0. The molecule has 0 aromatic carbocycles. The molecule has 0 aliphatic rings. The summed E-state index contributed by atoms with van der Waals surface area (Å²) in [6, 6.07) is 0. The number of allylic oxidation sites excluding steroid dienone is 20.